The van der Waals surface area contributed by atoms with Gasteiger partial charge in [-0.15, -0.1) is 0 Å². The van der Waals surface area contributed by atoms with E-state index in [0.717, 1.165) is 11.6 Å². The van der Waals surface area contributed by atoms with Crippen LogP contribution in [-0.4, -0.2) is 23.3 Å². The van der Waals surface area contributed by atoms with Crippen molar-refractivity contribution in [3.63, 3.8) is 0 Å². The van der Waals surface area contributed by atoms with E-state index in [0.29, 0.717) is 11.1 Å². The number of nitrogens with one attached hydrogen (secondary N) is 1. The number of hydrogen-bond donors (Lipinski definition) is 1. The number of aromatic nitrogens is 2. The summed E-state index contributed by atoms with van der Waals surface area (Å²) in [6, 6.07) is 1.83. The lowest BCUT2D eigenvalue weighted by Crippen LogP contribution is -2.55. The minimum atomic E-state index is -0.338. The highest BCUT2D eigenvalue weighted by Crippen LogP contribution is 2.64. The van der Waals surface area contributed by atoms with Gasteiger partial charge in [0, 0.05) is 5.41 Å². The first-order valence-electron chi connectivity index (χ1n) is 4.88. The van der Waals surface area contributed by atoms with Crippen molar-refractivity contribution in [1.82, 2.24) is 10.2 Å². The summed E-state index contributed by atoms with van der Waals surface area (Å²) >= 11 is 0. The number of rotatable bonds is 2. The van der Waals surface area contributed by atoms with Gasteiger partial charge in [0.25, 0.3) is 0 Å². The topological polar surface area (TPSA) is 55.0 Å². The van der Waals surface area contributed by atoms with Crippen LogP contribution in [-0.2, 0) is 10.2 Å². The summed E-state index contributed by atoms with van der Waals surface area (Å²) in [4.78, 5) is 11.2. The monoisotopic (exact) mass is 192 g/mol. The van der Waals surface area contributed by atoms with Crippen molar-refractivity contribution >= 4 is 5.97 Å². The molecule has 2 bridgehead atoms. The molecule has 0 spiro atoms. The maximum Gasteiger partial charge on any atom is 0.356 e. The summed E-state index contributed by atoms with van der Waals surface area (Å²) in [5.41, 5.74) is 1.82. The molecule has 3 aliphatic rings. The van der Waals surface area contributed by atoms with Crippen LogP contribution in [0.4, 0.5) is 0 Å². The minimum Gasteiger partial charge on any atom is -0.464 e. The number of carbonyl (C=O) groups is 1. The highest BCUT2D eigenvalue weighted by Gasteiger charge is 2.58. The average Bonchev–Trinajstić information content (AvgIpc) is 2.46. The fourth-order valence-corrected chi connectivity index (χ4v) is 2.60. The maximum atomic E-state index is 11.2. The van der Waals surface area contributed by atoms with Crippen molar-refractivity contribution in [2.24, 2.45) is 5.92 Å². The summed E-state index contributed by atoms with van der Waals surface area (Å²) in [7, 11) is 1.38. The van der Waals surface area contributed by atoms with Crippen LogP contribution in [0.2, 0.25) is 0 Å². The van der Waals surface area contributed by atoms with E-state index < -0.39 is 0 Å². The van der Waals surface area contributed by atoms with Crippen molar-refractivity contribution in [2.45, 2.75) is 24.7 Å². The molecule has 0 amide bonds. The van der Waals surface area contributed by atoms with Gasteiger partial charge in [-0.25, -0.2) is 4.79 Å². The fourth-order valence-electron chi connectivity index (χ4n) is 2.60. The van der Waals surface area contributed by atoms with E-state index in [2.05, 4.69) is 14.9 Å². The average molecular weight is 192 g/mol. The Bertz CT molecular complexity index is 380. The van der Waals surface area contributed by atoms with Crippen molar-refractivity contribution in [2.75, 3.05) is 7.11 Å². The predicted molar refractivity (Wildman–Crippen MR) is 48.9 cm³/mol. The first-order chi connectivity index (χ1) is 6.73. The molecule has 0 aliphatic heterocycles. The zero-order valence-electron chi connectivity index (χ0n) is 8.04. The van der Waals surface area contributed by atoms with E-state index in [9.17, 15) is 4.79 Å². The van der Waals surface area contributed by atoms with Crippen molar-refractivity contribution in [1.29, 1.82) is 0 Å². The second kappa shape index (κ2) is 2.38. The lowest BCUT2D eigenvalue weighted by molar-refractivity contribution is -0.0308. The highest BCUT2D eigenvalue weighted by atomic mass is 16.5. The molecule has 1 aromatic heterocycles. The van der Waals surface area contributed by atoms with Gasteiger partial charge in [0.15, 0.2) is 0 Å². The van der Waals surface area contributed by atoms with Gasteiger partial charge < -0.3 is 4.74 Å². The van der Waals surface area contributed by atoms with E-state index in [-0.39, 0.29) is 5.97 Å². The Morgan fingerprint density at radius 3 is 2.86 bits per heavy atom. The Labute approximate surface area is 81.6 Å². The second-order valence-corrected chi connectivity index (χ2v) is 4.42. The second-order valence-electron chi connectivity index (χ2n) is 4.42. The number of esters is 1. The Kier molecular flexibility index (Phi) is 1.36. The number of aromatic amines is 1. The van der Waals surface area contributed by atoms with Gasteiger partial charge in [-0.1, -0.05) is 0 Å². The first-order valence-corrected chi connectivity index (χ1v) is 4.88. The quantitative estimate of drug-likeness (QED) is 0.717. The number of hydrogen-bond acceptors (Lipinski definition) is 3. The molecule has 3 aliphatic carbocycles. The molecule has 0 radical (unpaired) electrons. The molecule has 3 fully saturated rings. The number of ether oxygens (including phenoxy) is 1. The minimum absolute atomic E-state index is 0.313. The van der Waals surface area contributed by atoms with Crippen LogP contribution in [0.5, 0.6) is 0 Å². The first kappa shape index (κ1) is 8.03. The summed E-state index contributed by atoms with van der Waals surface area (Å²) in [6.07, 6.45) is 3.75. The molecule has 4 heteroatoms. The molecule has 1 N–H and O–H groups in total. The van der Waals surface area contributed by atoms with E-state index in [1.165, 1.54) is 26.4 Å². The lowest BCUT2D eigenvalue weighted by Gasteiger charge is -2.60. The SMILES string of the molecule is COC(=O)c1cc(C23CC(C2)C3)n[nH]1. The predicted octanol–water partition coefficient (Wildman–Crippen LogP) is 1.25. The Hall–Kier alpha value is -1.32. The Balaban J connectivity index is 1.86. The smallest absolute Gasteiger partial charge is 0.356 e. The van der Waals surface area contributed by atoms with E-state index in [1.54, 1.807) is 0 Å². The van der Waals surface area contributed by atoms with E-state index >= 15 is 0 Å². The molecule has 14 heavy (non-hydrogen) atoms. The van der Waals surface area contributed by atoms with E-state index in [1.807, 2.05) is 6.07 Å². The third kappa shape index (κ3) is 0.832. The molecule has 0 unspecified atom stereocenters. The van der Waals surface area contributed by atoms with E-state index in [4.69, 9.17) is 0 Å². The molecule has 0 saturated heterocycles. The van der Waals surface area contributed by atoms with Gasteiger partial charge >= 0.3 is 5.97 Å². The van der Waals surface area contributed by atoms with Crippen LogP contribution < -0.4 is 0 Å². The number of methoxy groups -OCH3 is 1. The number of H-pyrrole nitrogens is 1. The Morgan fingerprint density at radius 1 is 1.64 bits per heavy atom. The molecule has 1 heterocycles. The normalized spacial score (nSPS) is 33.1. The van der Waals surface area contributed by atoms with Crippen LogP contribution in [0.1, 0.15) is 35.4 Å². The van der Waals surface area contributed by atoms with Gasteiger partial charge in [0.05, 0.1) is 12.8 Å². The summed E-state index contributed by atoms with van der Waals surface area (Å²) in [6.45, 7) is 0. The van der Waals surface area contributed by atoms with Crippen LogP contribution in [0.3, 0.4) is 0 Å². The molecule has 74 valence electrons. The van der Waals surface area contributed by atoms with Gasteiger partial charge in [-0.2, -0.15) is 5.10 Å². The van der Waals surface area contributed by atoms with Gasteiger partial charge in [-0.05, 0) is 31.2 Å². The third-order valence-electron chi connectivity index (χ3n) is 3.56. The molecule has 0 atom stereocenters. The lowest BCUT2D eigenvalue weighted by atomic mass is 9.43. The molecule has 4 rings (SSSR count). The van der Waals surface area contributed by atoms with Crippen LogP contribution in [0.15, 0.2) is 6.07 Å². The Morgan fingerprint density at radius 2 is 2.36 bits per heavy atom. The van der Waals surface area contributed by atoms with Crippen molar-refractivity contribution in [3.05, 3.63) is 17.5 Å². The number of carbonyl (C=O) groups excluding carboxylic acids is 1. The van der Waals surface area contributed by atoms with Crippen molar-refractivity contribution < 1.29 is 9.53 Å². The van der Waals surface area contributed by atoms with Gasteiger partial charge in [-0.3, -0.25) is 5.10 Å². The standard InChI is InChI=1S/C10H12N2O2/c1-14-9(13)7-2-8(12-11-7)10-3-6(4-10)5-10/h2,6H,3-5H2,1H3,(H,11,12). The zero-order chi connectivity index (χ0) is 9.76. The highest BCUT2D eigenvalue weighted by molar-refractivity contribution is 5.87. The van der Waals surface area contributed by atoms with Crippen LogP contribution in [0.25, 0.3) is 0 Å². The summed E-state index contributed by atoms with van der Waals surface area (Å²) < 4.78 is 4.62. The largest absolute Gasteiger partial charge is 0.464 e. The molecule has 4 nitrogen and oxygen atoms in total. The molecular weight excluding hydrogens is 180 g/mol. The van der Waals surface area contributed by atoms with Gasteiger partial charge in [0.1, 0.15) is 5.69 Å². The van der Waals surface area contributed by atoms with Crippen LogP contribution >= 0.6 is 0 Å². The van der Waals surface area contributed by atoms with Gasteiger partial charge in [0.2, 0.25) is 0 Å². The summed E-state index contributed by atoms with van der Waals surface area (Å²) in [5.74, 6) is 0.587. The van der Waals surface area contributed by atoms with Crippen LogP contribution in [0, 0.1) is 5.92 Å². The summed E-state index contributed by atoms with van der Waals surface area (Å²) in [5, 5.41) is 6.92. The zero-order valence-corrected chi connectivity index (χ0v) is 8.04. The fraction of sp³-hybridized carbons (Fsp3) is 0.600. The van der Waals surface area contributed by atoms with Crippen molar-refractivity contribution in [3.8, 4) is 0 Å². The molecule has 1 aromatic rings. The molecule has 0 aromatic carbocycles. The molecule has 3 saturated carbocycles. The number of nitrogens with zero attached hydrogens (tertiary/aromatic N) is 1. The molecular formula is C10H12N2O2. The third-order valence-corrected chi connectivity index (χ3v) is 3.56. The maximum absolute atomic E-state index is 11.2.